The van der Waals surface area contributed by atoms with E-state index in [1.165, 1.54) is 44.2 Å². The van der Waals surface area contributed by atoms with Crippen LogP contribution in [0, 0.1) is 0 Å². The Kier molecular flexibility index (Phi) is 6.16. The third-order valence-electron chi connectivity index (χ3n) is 9.69. The Labute approximate surface area is 274 Å². The fourth-order valence-electron chi connectivity index (χ4n) is 7.39. The van der Waals surface area contributed by atoms with Gasteiger partial charge in [-0.3, -0.25) is 0 Å². The third kappa shape index (κ3) is 4.39. The van der Waals surface area contributed by atoms with E-state index >= 15 is 0 Å². The quantitative estimate of drug-likeness (QED) is 0.196. The standard InChI is InChI=1S/C44H32N2O/c1-44(2)38-22-12-21-37(43-45-40-23-8-9-24-41(40)47-43)42(38)36-26-25-33(28-39(36)44)46(31-16-4-3-5-17-31)32-18-10-15-30(27-32)35-20-11-14-29-13-6-7-19-34(29)35/h3-28H,1-2H3. The summed E-state index contributed by atoms with van der Waals surface area (Å²) >= 11 is 0. The predicted octanol–water partition coefficient (Wildman–Crippen LogP) is 12.1. The van der Waals surface area contributed by atoms with Gasteiger partial charge >= 0.3 is 0 Å². The van der Waals surface area contributed by atoms with E-state index < -0.39 is 0 Å². The maximum absolute atomic E-state index is 6.30. The van der Waals surface area contributed by atoms with E-state index in [1.54, 1.807) is 0 Å². The minimum absolute atomic E-state index is 0.212. The van der Waals surface area contributed by atoms with Gasteiger partial charge in [0.15, 0.2) is 5.58 Å². The van der Waals surface area contributed by atoms with Gasteiger partial charge in [-0.05, 0) is 98.8 Å². The molecule has 0 atom stereocenters. The van der Waals surface area contributed by atoms with Crippen molar-refractivity contribution in [2.24, 2.45) is 0 Å². The minimum Gasteiger partial charge on any atom is -0.436 e. The molecule has 0 radical (unpaired) electrons. The van der Waals surface area contributed by atoms with E-state index in [4.69, 9.17) is 9.40 Å². The number of hydrogen-bond donors (Lipinski definition) is 0. The summed E-state index contributed by atoms with van der Waals surface area (Å²) in [7, 11) is 0. The molecule has 0 aliphatic heterocycles. The van der Waals surface area contributed by atoms with Crippen molar-refractivity contribution in [2.45, 2.75) is 19.3 Å². The van der Waals surface area contributed by atoms with Gasteiger partial charge in [0.2, 0.25) is 5.89 Å². The van der Waals surface area contributed by atoms with E-state index in [1.807, 2.05) is 24.3 Å². The van der Waals surface area contributed by atoms with Crippen LogP contribution in [0.3, 0.4) is 0 Å². The van der Waals surface area contributed by atoms with Crippen LogP contribution in [0.5, 0.6) is 0 Å². The first kappa shape index (κ1) is 27.4. The zero-order valence-electron chi connectivity index (χ0n) is 26.3. The van der Waals surface area contributed by atoms with Gasteiger partial charge in [-0.1, -0.05) is 117 Å². The van der Waals surface area contributed by atoms with Crippen LogP contribution in [-0.4, -0.2) is 4.98 Å². The monoisotopic (exact) mass is 604 g/mol. The molecule has 3 nitrogen and oxygen atoms in total. The predicted molar refractivity (Wildman–Crippen MR) is 195 cm³/mol. The van der Waals surface area contributed by atoms with Gasteiger partial charge in [-0.2, -0.15) is 0 Å². The molecule has 7 aromatic carbocycles. The molecule has 0 unspecified atom stereocenters. The second-order valence-corrected chi connectivity index (χ2v) is 12.8. The van der Waals surface area contributed by atoms with Crippen molar-refractivity contribution in [1.82, 2.24) is 4.98 Å². The van der Waals surface area contributed by atoms with Crippen LogP contribution in [0.2, 0.25) is 0 Å². The molecule has 47 heavy (non-hydrogen) atoms. The minimum atomic E-state index is -0.212. The number of rotatable bonds is 5. The first-order valence-corrected chi connectivity index (χ1v) is 16.1. The molecule has 0 amide bonds. The fraction of sp³-hybridized carbons (Fsp3) is 0.0682. The van der Waals surface area contributed by atoms with E-state index in [0.717, 1.165) is 33.7 Å². The molecular formula is C44H32N2O. The third-order valence-corrected chi connectivity index (χ3v) is 9.69. The van der Waals surface area contributed by atoms with Gasteiger partial charge in [0.25, 0.3) is 0 Å². The highest BCUT2D eigenvalue weighted by molar-refractivity contribution is 5.98. The van der Waals surface area contributed by atoms with Crippen molar-refractivity contribution in [1.29, 1.82) is 0 Å². The summed E-state index contributed by atoms with van der Waals surface area (Å²) in [5.41, 5.74) is 13.3. The number of oxazole rings is 1. The molecule has 1 aromatic heterocycles. The summed E-state index contributed by atoms with van der Waals surface area (Å²) in [4.78, 5) is 7.25. The van der Waals surface area contributed by atoms with Crippen LogP contribution >= 0.6 is 0 Å². The van der Waals surface area contributed by atoms with Crippen LogP contribution in [0.1, 0.15) is 25.0 Å². The molecular weight excluding hydrogens is 572 g/mol. The molecule has 0 fully saturated rings. The molecule has 0 N–H and O–H groups in total. The summed E-state index contributed by atoms with van der Waals surface area (Å²) in [5, 5.41) is 2.50. The van der Waals surface area contributed by atoms with Gasteiger partial charge in [0, 0.05) is 28.0 Å². The maximum Gasteiger partial charge on any atom is 0.227 e. The number of benzene rings is 7. The molecule has 1 aliphatic carbocycles. The van der Waals surface area contributed by atoms with Crippen molar-refractivity contribution in [3.05, 3.63) is 169 Å². The average Bonchev–Trinajstić information content (AvgIpc) is 3.65. The molecule has 8 aromatic rings. The highest BCUT2D eigenvalue weighted by Gasteiger charge is 2.38. The molecule has 224 valence electrons. The molecule has 9 rings (SSSR count). The van der Waals surface area contributed by atoms with E-state index in [-0.39, 0.29) is 5.41 Å². The Bertz CT molecular complexity index is 2420. The van der Waals surface area contributed by atoms with Gasteiger partial charge in [-0.15, -0.1) is 0 Å². The molecule has 1 aliphatic rings. The lowest BCUT2D eigenvalue weighted by Gasteiger charge is -2.28. The summed E-state index contributed by atoms with van der Waals surface area (Å²) in [6.45, 7) is 4.65. The SMILES string of the molecule is CC1(C)c2cc(N(c3ccccc3)c3cccc(-c4cccc5ccccc45)c3)ccc2-c2c(-c3nc4ccccc4o3)cccc21. The normalized spacial score (nSPS) is 13.1. The lowest BCUT2D eigenvalue weighted by Crippen LogP contribution is -2.16. The van der Waals surface area contributed by atoms with E-state index in [0.29, 0.717) is 5.89 Å². The first-order valence-electron chi connectivity index (χ1n) is 16.1. The maximum atomic E-state index is 6.30. The second kappa shape index (κ2) is 10.6. The first-order chi connectivity index (χ1) is 23.1. The smallest absolute Gasteiger partial charge is 0.227 e. The lowest BCUT2D eigenvalue weighted by atomic mass is 9.82. The Balaban J connectivity index is 1.20. The highest BCUT2D eigenvalue weighted by atomic mass is 16.3. The van der Waals surface area contributed by atoms with Crippen molar-refractivity contribution in [2.75, 3.05) is 4.90 Å². The second-order valence-electron chi connectivity index (χ2n) is 12.8. The molecule has 1 heterocycles. The number of fused-ring (bicyclic) bond motifs is 5. The van der Waals surface area contributed by atoms with E-state index in [2.05, 4.69) is 152 Å². The molecule has 0 saturated heterocycles. The van der Waals surface area contributed by atoms with Crippen LogP contribution in [0.4, 0.5) is 17.1 Å². The van der Waals surface area contributed by atoms with Gasteiger partial charge in [0.1, 0.15) is 5.52 Å². The molecule has 3 heteroatoms. The number of nitrogens with zero attached hydrogens (tertiary/aromatic N) is 2. The molecule has 0 saturated carbocycles. The Morgan fingerprint density at radius 1 is 0.532 bits per heavy atom. The van der Waals surface area contributed by atoms with Gasteiger partial charge < -0.3 is 9.32 Å². The van der Waals surface area contributed by atoms with Crippen LogP contribution in [0.25, 0.3) is 55.6 Å². The van der Waals surface area contributed by atoms with Crippen molar-refractivity contribution in [3.63, 3.8) is 0 Å². The topological polar surface area (TPSA) is 29.3 Å². The molecule has 0 spiro atoms. The average molecular weight is 605 g/mol. The van der Waals surface area contributed by atoms with Crippen LogP contribution in [-0.2, 0) is 5.41 Å². The summed E-state index contributed by atoms with van der Waals surface area (Å²) in [6, 6.07) is 56.1. The Morgan fingerprint density at radius 2 is 1.23 bits per heavy atom. The summed E-state index contributed by atoms with van der Waals surface area (Å²) in [6.07, 6.45) is 0. The lowest BCUT2D eigenvalue weighted by molar-refractivity contribution is 0.619. The zero-order chi connectivity index (χ0) is 31.5. The van der Waals surface area contributed by atoms with Crippen molar-refractivity contribution < 1.29 is 4.42 Å². The van der Waals surface area contributed by atoms with Crippen LogP contribution < -0.4 is 4.90 Å². The van der Waals surface area contributed by atoms with Crippen molar-refractivity contribution in [3.8, 4) is 33.7 Å². The fourth-order valence-corrected chi connectivity index (χ4v) is 7.39. The number of para-hydroxylation sites is 3. The van der Waals surface area contributed by atoms with Crippen LogP contribution in [0.15, 0.2) is 162 Å². The number of anilines is 3. The van der Waals surface area contributed by atoms with E-state index in [9.17, 15) is 0 Å². The zero-order valence-corrected chi connectivity index (χ0v) is 26.3. The van der Waals surface area contributed by atoms with Gasteiger partial charge in [-0.25, -0.2) is 4.98 Å². The highest BCUT2D eigenvalue weighted by Crippen LogP contribution is 2.53. The summed E-state index contributed by atoms with van der Waals surface area (Å²) in [5.74, 6) is 0.659. The Hall–Kier alpha value is -5.93. The van der Waals surface area contributed by atoms with Crippen molar-refractivity contribution >= 4 is 38.9 Å². The van der Waals surface area contributed by atoms with Gasteiger partial charge in [0.05, 0.1) is 0 Å². The largest absolute Gasteiger partial charge is 0.436 e. The number of aromatic nitrogens is 1. The Morgan fingerprint density at radius 3 is 2.13 bits per heavy atom. The summed E-state index contributed by atoms with van der Waals surface area (Å²) < 4.78 is 6.30. The number of hydrogen-bond acceptors (Lipinski definition) is 3. The molecule has 0 bridgehead atoms.